The topological polar surface area (TPSA) is 30.7 Å². The maximum Gasteiger partial charge on any atom is 0.235 e. The van der Waals surface area contributed by atoms with Crippen molar-refractivity contribution in [1.29, 1.82) is 0 Å². The molecule has 0 bridgehead atoms. The zero-order valence-corrected chi connectivity index (χ0v) is 31.0. The van der Waals surface area contributed by atoms with Gasteiger partial charge in [0.1, 0.15) is 0 Å². The molecule has 3 heterocycles. The van der Waals surface area contributed by atoms with E-state index in [-0.39, 0.29) is 0 Å². The van der Waals surface area contributed by atoms with Crippen LogP contribution in [0.25, 0.3) is 114 Å². The van der Waals surface area contributed by atoms with E-state index in [1.165, 1.54) is 68.8 Å². The van der Waals surface area contributed by atoms with Crippen molar-refractivity contribution >= 4 is 85.6 Å². The summed E-state index contributed by atoms with van der Waals surface area (Å²) in [5, 5.41) is 12.6. The van der Waals surface area contributed by atoms with Crippen LogP contribution in [0.2, 0.25) is 0 Å². The highest BCUT2D eigenvalue weighted by molar-refractivity contribution is 7.27. The molecule has 0 saturated carbocycles. The van der Waals surface area contributed by atoms with Gasteiger partial charge in [0.15, 0.2) is 0 Å². The van der Waals surface area contributed by atoms with Crippen LogP contribution in [0.3, 0.4) is 0 Å². The second-order valence-electron chi connectivity index (χ2n) is 14.5. The van der Waals surface area contributed by atoms with Gasteiger partial charge in [0, 0.05) is 48.1 Å². The van der Waals surface area contributed by atoms with Gasteiger partial charge < -0.3 is 0 Å². The lowest BCUT2D eigenvalue weighted by Crippen LogP contribution is -2.04. The van der Waals surface area contributed by atoms with E-state index in [0.29, 0.717) is 5.95 Å². The summed E-state index contributed by atoms with van der Waals surface area (Å²) in [5.41, 5.74) is 8.40. The molecule has 12 aromatic rings. The predicted molar refractivity (Wildman–Crippen MR) is 238 cm³/mol. The van der Waals surface area contributed by atoms with E-state index in [0.717, 1.165) is 39.1 Å². The average molecular weight is 730 g/mol. The van der Waals surface area contributed by atoms with Gasteiger partial charge in [0.2, 0.25) is 5.95 Å². The first kappa shape index (κ1) is 31.2. The molecule has 260 valence electrons. The molecule has 0 N–H and O–H groups in total. The third-order valence-electron chi connectivity index (χ3n) is 11.4. The molecular formula is C52H31N3S. The SMILES string of the molecule is c1ccc(-c2cccc(-c3cc(-c4ccccc4)nc(-n4c5ccccc5c5c6c7ccccc7c7ccccc7c6c6c7ccccc7sc6c54)n3)c2)cc1. The lowest BCUT2D eigenvalue weighted by molar-refractivity contribution is 0.998. The predicted octanol–water partition coefficient (Wildman–Crippen LogP) is 14.4. The molecule has 0 aliphatic heterocycles. The Morgan fingerprint density at radius 3 is 1.59 bits per heavy atom. The Bertz CT molecular complexity index is 3530. The van der Waals surface area contributed by atoms with E-state index >= 15 is 0 Å². The van der Waals surface area contributed by atoms with Crippen LogP contribution in [0.4, 0.5) is 0 Å². The number of thiophene rings is 1. The minimum absolute atomic E-state index is 0.654. The Hall–Kier alpha value is -7.14. The number of para-hydroxylation sites is 1. The average Bonchev–Trinajstić information content (AvgIpc) is 3.84. The van der Waals surface area contributed by atoms with Gasteiger partial charge >= 0.3 is 0 Å². The molecule has 0 unspecified atom stereocenters. The van der Waals surface area contributed by atoms with E-state index in [1.54, 1.807) is 0 Å². The summed E-state index contributed by atoms with van der Waals surface area (Å²) < 4.78 is 4.86. The number of rotatable bonds is 4. The highest BCUT2D eigenvalue weighted by Crippen LogP contribution is 2.51. The van der Waals surface area contributed by atoms with Crippen molar-refractivity contribution in [1.82, 2.24) is 14.5 Å². The number of aromatic nitrogens is 3. The van der Waals surface area contributed by atoms with Crippen LogP contribution in [-0.4, -0.2) is 14.5 Å². The molecule has 0 radical (unpaired) electrons. The Kier molecular flexibility index (Phi) is 6.80. The largest absolute Gasteiger partial charge is 0.276 e. The number of fused-ring (bicyclic) bond motifs is 15. The first-order chi connectivity index (χ1) is 27.8. The van der Waals surface area contributed by atoms with Crippen LogP contribution in [0.15, 0.2) is 188 Å². The third-order valence-corrected chi connectivity index (χ3v) is 12.5. The van der Waals surface area contributed by atoms with Crippen molar-refractivity contribution in [3.05, 3.63) is 188 Å². The highest BCUT2D eigenvalue weighted by Gasteiger charge is 2.26. The molecule has 4 heteroatoms. The third kappa shape index (κ3) is 4.57. The van der Waals surface area contributed by atoms with Crippen molar-refractivity contribution in [3.8, 4) is 39.6 Å². The summed E-state index contributed by atoms with van der Waals surface area (Å²) in [4.78, 5) is 11.0. The van der Waals surface area contributed by atoms with Crippen molar-refractivity contribution in [2.24, 2.45) is 0 Å². The van der Waals surface area contributed by atoms with Gasteiger partial charge in [-0.25, -0.2) is 9.97 Å². The molecule has 12 rings (SSSR count). The molecular weight excluding hydrogens is 699 g/mol. The quantitative estimate of drug-likeness (QED) is 0.169. The monoisotopic (exact) mass is 729 g/mol. The van der Waals surface area contributed by atoms with Gasteiger partial charge in [-0.15, -0.1) is 11.3 Å². The number of nitrogens with zero attached hydrogens (tertiary/aromatic N) is 3. The van der Waals surface area contributed by atoms with Gasteiger partial charge in [-0.2, -0.15) is 0 Å². The van der Waals surface area contributed by atoms with E-state index in [9.17, 15) is 0 Å². The fraction of sp³-hybridized carbons (Fsp3) is 0. The van der Waals surface area contributed by atoms with E-state index < -0.39 is 0 Å². The van der Waals surface area contributed by atoms with E-state index in [4.69, 9.17) is 9.97 Å². The Labute approximate surface area is 326 Å². The zero-order valence-electron chi connectivity index (χ0n) is 30.1. The van der Waals surface area contributed by atoms with Crippen molar-refractivity contribution in [2.75, 3.05) is 0 Å². The Balaban J connectivity index is 1.28. The smallest absolute Gasteiger partial charge is 0.235 e. The minimum Gasteiger partial charge on any atom is -0.276 e. The van der Waals surface area contributed by atoms with Crippen LogP contribution in [0.1, 0.15) is 0 Å². The molecule has 0 spiro atoms. The molecule has 0 amide bonds. The molecule has 0 saturated heterocycles. The summed E-state index contributed by atoms with van der Waals surface area (Å²) >= 11 is 1.87. The fourth-order valence-electron chi connectivity index (χ4n) is 8.96. The summed E-state index contributed by atoms with van der Waals surface area (Å²) in [6.45, 7) is 0. The van der Waals surface area contributed by atoms with Crippen LogP contribution >= 0.6 is 11.3 Å². The van der Waals surface area contributed by atoms with Crippen LogP contribution in [0, 0.1) is 0 Å². The number of hydrogen-bond donors (Lipinski definition) is 0. The standard InChI is InChI=1S/C52H31N3S/c1-3-16-32(17-4-1)34-20-15-21-35(30-34)43-31-42(33-18-5-2-6-19-33)53-52(54-43)55-44-28-13-11-26-40(44)48-46-38-24-9-7-22-36(38)37-23-8-10-25-39(37)47(46)49-41-27-12-14-29-45(41)56-51(49)50(48)55/h1-31H. The Morgan fingerprint density at radius 2 is 0.875 bits per heavy atom. The molecule has 3 aromatic heterocycles. The minimum atomic E-state index is 0.654. The van der Waals surface area contributed by atoms with Gasteiger partial charge in [0.05, 0.1) is 27.1 Å². The maximum atomic E-state index is 5.52. The molecule has 0 aliphatic carbocycles. The maximum absolute atomic E-state index is 5.52. The van der Waals surface area contributed by atoms with Crippen LogP contribution in [-0.2, 0) is 0 Å². The second kappa shape index (κ2) is 12.2. The molecule has 0 aliphatic rings. The molecule has 9 aromatic carbocycles. The lowest BCUT2D eigenvalue weighted by Gasteiger charge is -2.15. The van der Waals surface area contributed by atoms with Crippen molar-refractivity contribution in [2.45, 2.75) is 0 Å². The van der Waals surface area contributed by atoms with Crippen LogP contribution in [0.5, 0.6) is 0 Å². The highest BCUT2D eigenvalue weighted by atomic mass is 32.1. The van der Waals surface area contributed by atoms with Gasteiger partial charge in [-0.3, -0.25) is 4.57 Å². The normalized spacial score (nSPS) is 11.9. The van der Waals surface area contributed by atoms with Gasteiger partial charge in [-0.05, 0) is 56.9 Å². The van der Waals surface area contributed by atoms with Gasteiger partial charge in [-0.1, -0.05) is 164 Å². The lowest BCUT2D eigenvalue weighted by atomic mass is 9.89. The van der Waals surface area contributed by atoms with E-state index in [1.807, 2.05) is 11.3 Å². The Morgan fingerprint density at radius 1 is 0.357 bits per heavy atom. The summed E-state index contributed by atoms with van der Waals surface area (Å²) in [7, 11) is 0. The summed E-state index contributed by atoms with van der Waals surface area (Å²) in [6.07, 6.45) is 0. The zero-order chi connectivity index (χ0) is 36.7. The van der Waals surface area contributed by atoms with Crippen molar-refractivity contribution in [3.63, 3.8) is 0 Å². The van der Waals surface area contributed by atoms with Gasteiger partial charge in [0.25, 0.3) is 0 Å². The number of hydrogen-bond acceptors (Lipinski definition) is 3. The molecule has 0 fully saturated rings. The molecule has 0 atom stereocenters. The molecule has 3 nitrogen and oxygen atoms in total. The van der Waals surface area contributed by atoms with Crippen molar-refractivity contribution < 1.29 is 0 Å². The fourth-order valence-corrected chi connectivity index (χ4v) is 10.2. The van der Waals surface area contributed by atoms with Crippen LogP contribution < -0.4 is 0 Å². The summed E-state index contributed by atoms with van der Waals surface area (Å²) in [6, 6.07) is 67.4. The van der Waals surface area contributed by atoms with E-state index in [2.05, 4.69) is 193 Å². The number of benzene rings is 9. The second-order valence-corrected chi connectivity index (χ2v) is 15.5. The summed E-state index contributed by atoms with van der Waals surface area (Å²) in [5.74, 6) is 0.654. The first-order valence-electron chi connectivity index (χ1n) is 19.0. The molecule has 56 heavy (non-hydrogen) atoms. The first-order valence-corrected chi connectivity index (χ1v) is 19.8.